The molecule has 0 atom stereocenters. The van der Waals surface area contributed by atoms with Crippen molar-refractivity contribution in [2.45, 2.75) is 0 Å². The zero-order valence-corrected chi connectivity index (χ0v) is 42.8. The van der Waals surface area contributed by atoms with Gasteiger partial charge in [-0.3, -0.25) is 0 Å². The van der Waals surface area contributed by atoms with Crippen molar-refractivity contribution in [2.24, 2.45) is 0 Å². The maximum atomic E-state index is 6.25. The van der Waals surface area contributed by atoms with Gasteiger partial charge in [0.05, 0.1) is 0 Å². The predicted octanol–water partition coefficient (Wildman–Crippen LogP) is 18.3. The molecule has 0 bridgehead atoms. The summed E-state index contributed by atoms with van der Waals surface area (Å²) in [6.07, 6.45) is 0. The van der Waals surface area contributed by atoms with Crippen LogP contribution in [0.25, 0.3) is 87.9 Å². The van der Waals surface area contributed by atoms with Crippen molar-refractivity contribution in [3.8, 4) is 44.5 Å². The Balaban J connectivity index is 0.00000188. The molecule has 0 N–H and O–H groups in total. The van der Waals surface area contributed by atoms with Crippen LogP contribution in [0.1, 0.15) is 0 Å². The van der Waals surface area contributed by atoms with Crippen LogP contribution in [-0.4, -0.2) is 4.57 Å². The summed E-state index contributed by atoms with van der Waals surface area (Å²) < 4.78 is 2.46. The average Bonchev–Trinajstić information content (AvgIpc) is 4.09. The molecule has 75 heavy (non-hydrogen) atoms. The van der Waals surface area contributed by atoms with Gasteiger partial charge in [-0.1, -0.05) is 230 Å². The Morgan fingerprint density at radius 2 is 0.693 bits per heavy atom. The summed E-state index contributed by atoms with van der Waals surface area (Å²) in [5, 5.41) is 13.4. The predicted molar refractivity (Wildman–Crippen MR) is 307 cm³/mol. The number of hydrogen-bond donors (Lipinski definition) is 0. The van der Waals surface area contributed by atoms with Crippen LogP contribution in [0.4, 0.5) is 34.1 Å². The van der Waals surface area contributed by atoms with Gasteiger partial charge in [0.2, 0.25) is 0 Å². The van der Waals surface area contributed by atoms with E-state index >= 15 is 0 Å². The SMILES string of the molecule is [C-]#N.[Pt+4].[c-]1c(N2[CH-]N(c3c(-c4ccccc4)cccc3-c3ccccc3)c3ccccc32)cccc1N1[CH-]n2c3c1cccc3c1ccccc1c1cccc(-c3ccccc3)c1c1cccc(-c3ccccc3)c12. The standard InChI is InChI=1S/C68H45N4.CN.Pt/c1-5-22-47(23-6-1)53-34-18-38-59-57-32-13-14-33-58(57)60-39-21-43-64-68(60)72(67-56(50-28-11-4-12-29-50)37-20-40-61(67)65(53)59)46-70(64)52-31-17-30-51(44-52)69-45-71(63-42-16-15-41-62(63)69)66-54(48-24-7-2-8-25-48)35-19-36-55(66)49-26-9-3-10-27-49;1-2;/h1-43,45-46H;;/q-3;-1;+4. The largest absolute Gasteiger partial charge is 4.00 e. The minimum absolute atomic E-state index is 0. The van der Waals surface area contributed by atoms with Gasteiger partial charge in [-0.25, -0.2) is 0 Å². The van der Waals surface area contributed by atoms with Crippen molar-refractivity contribution in [3.05, 3.63) is 287 Å². The molecule has 11 aromatic carbocycles. The van der Waals surface area contributed by atoms with Crippen LogP contribution >= 0.6 is 0 Å². The third kappa shape index (κ3) is 7.96. The molecular weight excluding hydrogens is 1090 g/mol. The average molecular weight is 1140 g/mol. The summed E-state index contributed by atoms with van der Waals surface area (Å²) in [7, 11) is 0. The second-order valence-corrected chi connectivity index (χ2v) is 18.4. The first kappa shape index (κ1) is 46.7. The molecule has 0 saturated heterocycles. The Morgan fingerprint density at radius 3 is 1.29 bits per heavy atom. The number of anilines is 6. The van der Waals surface area contributed by atoms with E-state index in [4.69, 9.17) is 11.8 Å². The zero-order chi connectivity index (χ0) is 49.5. The molecule has 2 aliphatic heterocycles. The second-order valence-electron chi connectivity index (χ2n) is 18.4. The van der Waals surface area contributed by atoms with Crippen LogP contribution in [0.15, 0.2) is 261 Å². The van der Waals surface area contributed by atoms with Crippen molar-refractivity contribution in [3.63, 3.8) is 0 Å². The van der Waals surface area contributed by atoms with Gasteiger partial charge in [-0.2, -0.15) is 6.07 Å². The molecule has 0 aliphatic carbocycles. The van der Waals surface area contributed by atoms with Crippen molar-refractivity contribution < 1.29 is 21.1 Å². The third-order valence-electron chi connectivity index (χ3n) is 14.4. The van der Waals surface area contributed by atoms with E-state index in [0.717, 1.165) is 89.3 Å². The number of benzene rings is 11. The molecule has 6 heteroatoms. The molecule has 2 aliphatic rings. The molecule has 0 radical (unpaired) electrons. The van der Waals surface area contributed by atoms with Gasteiger partial charge in [0.1, 0.15) is 0 Å². The fourth-order valence-electron chi connectivity index (χ4n) is 11.2. The summed E-state index contributed by atoms with van der Waals surface area (Å²) in [6, 6.07) is 98.3. The minimum atomic E-state index is 0. The van der Waals surface area contributed by atoms with Gasteiger partial charge < -0.3 is 31.1 Å². The van der Waals surface area contributed by atoms with Gasteiger partial charge in [-0.15, -0.1) is 30.6 Å². The van der Waals surface area contributed by atoms with Crippen LogP contribution in [0.5, 0.6) is 0 Å². The van der Waals surface area contributed by atoms with Crippen molar-refractivity contribution in [1.82, 2.24) is 4.57 Å². The molecule has 356 valence electrons. The number of rotatable bonds is 7. The van der Waals surface area contributed by atoms with Crippen LogP contribution in [-0.2, 0) is 21.1 Å². The molecule has 12 aromatic rings. The van der Waals surface area contributed by atoms with Crippen LogP contribution in [0, 0.1) is 31.2 Å². The zero-order valence-electron chi connectivity index (χ0n) is 40.5. The van der Waals surface area contributed by atoms with Crippen LogP contribution in [0.3, 0.4) is 0 Å². The smallest absolute Gasteiger partial charge is 0.512 e. The normalized spacial score (nSPS) is 12.2. The molecule has 0 unspecified atom stereocenters. The first-order valence-electron chi connectivity index (χ1n) is 24.8. The van der Waals surface area contributed by atoms with E-state index in [9.17, 15) is 0 Å². The number of hydrogen-bond acceptors (Lipinski definition) is 4. The topological polar surface area (TPSA) is 38.4 Å². The van der Waals surface area contributed by atoms with E-state index < -0.39 is 0 Å². The van der Waals surface area contributed by atoms with Gasteiger partial charge in [0, 0.05) is 33.9 Å². The summed E-state index contributed by atoms with van der Waals surface area (Å²) in [4.78, 5) is 6.99. The van der Waals surface area contributed by atoms with E-state index in [0.29, 0.717) is 0 Å². The number of aromatic nitrogens is 1. The Morgan fingerprint density at radius 1 is 0.307 bits per heavy atom. The van der Waals surface area contributed by atoms with Gasteiger partial charge in [-0.05, 0) is 102 Å². The van der Waals surface area contributed by atoms with Crippen LogP contribution < -0.4 is 14.7 Å². The van der Waals surface area contributed by atoms with Crippen LogP contribution in [0.2, 0.25) is 0 Å². The van der Waals surface area contributed by atoms with Crippen molar-refractivity contribution in [1.29, 1.82) is 5.26 Å². The number of para-hydroxylation sites is 5. The van der Waals surface area contributed by atoms with E-state index in [2.05, 4.69) is 300 Å². The van der Waals surface area contributed by atoms with E-state index in [-0.39, 0.29) is 21.1 Å². The van der Waals surface area contributed by atoms with E-state index in [1.165, 1.54) is 32.7 Å². The Bertz CT molecular complexity index is 4110. The molecular formula is C69H45N5Pt. The van der Waals surface area contributed by atoms with Gasteiger partial charge in [0.25, 0.3) is 0 Å². The monoisotopic (exact) mass is 1140 g/mol. The minimum Gasteiger partial charge on any atom is -0.512 e. The summed E-state index contributed by atoms with van der Waals surface area (Å²) in [5.74, 6) is 0. The first-order valence-corrected chi connectivity index (χ1v) is 24.8. The Labute approximate surface area is 451 Å². The molecule has 0 spiro atoms. The Hall–Kier alpha value is -9.33. The second kappa shape index (κ2) is 19.9. The molecule has 14 rings (SSSR count). The van der Waals surface area contributed by atoms with Gasteiger partial charge in [0.15, 0.2) is 0 Å². The van der Waals surface area contributed by atoms with Gasteiger partial charge >= 0.3 is 21.1 Å². The third-order valence-corrected chi connectivity index (χ3v) is 14.4. The fourth-order valence-corrected chi connectivity index (χ4v) is 11.2. The van der Waals surface area contributed by atoms with Crippen molar-refractivity contribution in [2.75, 3.05) is 14.7 Å². The molecule has 0 fully saturated rings. The van der Waals surface area contributed by atoms with Crippen molar-refractivity contribution >= 4 is 77.5 Å². The Kier molecular flexibility index (Phi) is 12.4. The fraction of sp³-hybridized carbons (Fsp3) is 0. The quantitative estimate of drug-likeness (QED) is 0.149. The first-order chi connectivity index (χ1) is 36.8. The summed E-state index contributed by atoms with van der Waals surface area (Å²) in [5.41, 5.74) is 17.8. The maximum Gasteiger partial charge on any atom is 4.00 e. The maximum absolute atomic E-state index is 6.25. The molecule has 1 aromatic heterocycles. The molecule has 0 saturated carbocycles. The van der Waals surface area contributed by atoms with E-state index in [1.54, 1.807) is 0 Å². The molecule has 3 heterocycles. The number of fused-ring (bicyclic) bond motifs is 8. The molecule has 0 amide bonds. The number of nitrogens with zero attached hydrogens (tertiary/aromatic N) is 5. The molecule has 5 nitrogen and oxygen atoms in total. The van der Waals surface area contributed by atoms with E-state index in [1.807, 2.05) is 0 Å². The summed E-state index contributed by atoms with van der Waals surface area (Å²) >= 11 is 0. The summed E-state index contributed by atoms with van der Waals surface area (Å²) in [6.45, 7) is 9.29.